The standard InChI is InChI=1S/C13H10ClF/c14-9-10-4-6-11(7-5-10)12-2-1-3-13(15)8-12/h1-8H,9H2. The molecule has 76 valence electrons. The summed E-state index contributed by atoms with van der Waals surface area (Å²) < 4.78 is 13.0. The molecule has 0 aliphatic heterocycles. The van der Waals surface area contributed by atoms with Gasteiger partial charge >= 0.3 is 0 Å². The Labute approximate surface area is 93.3 Å². The summed E-state index contributed by atoms with van der Waals surface area (Å²) in [5.74, 6) is 0.289. The van der Waals surface area contributed by atoms with Crippen LogP contribution in [-0.4, -0.2) is 0 Å². The Morgan fingerprint density at radius 1 is 0.933 bits per heavy atom. The van der Waals surface area contributed by atoms with Gasteiger partial charge in [0, 0.05) is 5.88 Å². The SMILES string of the molecule is Fc1cccc(-c2ccc(CCl)cc2)c1. The smallest absolute Gasteiger partial charge is 0.123 e. The summed E-state index contributed by atoms with van der Waals surface area (Å²) in [6.45, 7) is 0. The number of hydrogen-bond donors (Lipinski definition) is 0. The lowest BCUT2D eigenvalue weighted by atomic mass is 10.0. The molecular weight excluding hydrogens is 211 g/mol. The minimum atomic E-state index is -0.214. The minimum absolute atomic E-state index is 0.214. The van der Waals surface area contributed by atoms with Gasteiger partial charge in [-0.2, -0.15) is 0 Å². The maximum Gasteiger partial charge on any atom is 0.123 e. The van der Waals surface area contributed by atoms with Gasteiger partial charge in [-0.15, -0.1) is 11.6 Å². The molecule has 2 rings (SSSR count). The summed E-state index contributed by atoms with van der Waals surface area (Å²) in [6.07, 6.45) is 0. The maximum absolute atomic E-state index is 13.0. The van der Waals surface area contributed by atoms with Crippen LogP contribution in [0.1, 0.15) is 5.56 Å². The van der Waals surface area contributed by atoms with Gasteiger partial charge in [-0.1, -0.05) is 36.4 Å². The topological polar surface area (TPSA) is 0 Å². The van der Waals surface area contributed by atoms with Gasteiger partial charge in [0.2, 0.25) is 0 Å². The average molecular weight is 221 g/mol. The van der Waals surface area contributed by atoms with Crippen molar-refractivity contribution in [2.45, 2.75) is 5.88 Å². The van der Waals surface area contributed by atoms with E-state index in [-0.39, 0.29) is 5.82 Å². The van der Waals surface area contributed by atoms with Gasteiger partial charge in [-0.3, -0.25) is 0 Å². The van der Waals surface area contributed by atoms with E-state index < -0.39 is 0 Å². The molecule has 0 amide bonds. The van der Waals surface area contributed by atoms with Crippen molar-refractivity contribution >= 4 is 11.6 Å². The highest BCUT2D eigenvalue weighted by molar-refractivity contribution is 6.17. The van der Waals surface area contributed by atoms with Crippen molar-refractivity contribution < 1.29 is 4.39 Å². The molecule has 0 nitrogen and oxygen atoms in total. The summed E-state index contributed by atoms with van der Waals surface area (Å²) >= 11 is 5.69. The summed E-state index contributed by atoms with van der Waals surface area (Å²) in [5, 5.41) is 0. The molecule has 0 fully saturated rings. The molecule has 15 heavy (non-hydrogen) atoms. The van der Waals surface area contributed by atoms with Crippen LogP contribution in [0, 0.1) is 5.82 Å². The molecule has 2 aromatic rings. The Morgan fingerprint density at radius 2 is 1.67 bits per heavy atom. The third kappa shape index (κ3) is 2.37. The van der Waals surface area contributed by atoms with Gasteiger partial charge in [0.1, 0.15) is 5.82 Å². The van der Waals surface area contributed by atoms with Crippen molar-refractivity contribution in [3.05, 3.63) is 59.9 Å². The molecule has 0 unspecified atom stereocenters. The fraction of sp³-hybridized carbons (Fsp3) is 0.0769. The summed E-state index contributed by atoms with van der Waals surface area (Å²) in [7, 11) is 0. The predicted octanol–water partition coefficient (Wildman–Crippen LogP) is 4.23. The Balaban J connectivity index is 2.37. The van der Waals surface area contributed by atoms with Gasteiger partial charge in [-0.25, -0.2) is 4.39 Å². The second-order valence-corrected chi connectivity index (χ2v) is 3.61. The molecule has 0 aromatic heterocycles. The Morgan fingerprint density at radius 3 is 2.27 bits per heavy atom. The first kappa shape index (κ1) is 10.2. The molecule has 2 aromatic carbocycles. The third-order valence-corrected chi connectivity index (χ3v) is 2.57. The second kappa shape index (κ2) is 4.45. The van der Waals surface area contributed by atoms with E-state index >= 15 is 0 Å². The molecule has 0 aliphatic carbocycles. The second-order valence-electron chi connectivity index (χ2n) is 3.34. The Hall–Kier alpha value is -1.34. The first-order valence-corrected chi connectivity index (χ1v) is 5.24. The summed E-state index contributed by atoms with van der Waals surface area (Å²) in [6, 6.07) is 14.4. The van der Waals surface area contributed by atoms with Crippen LogP contribution >= 0.6 is 11.6 Å². The highest BCUT2D eigenvalue weighted by Crippen LogP contribution is 2.20. The summed E-state index contributed by atoms with van der Waals surface area (Å²) in [5.41, 5.74) is 2.95. The Bertz CT molecular complexity index is 448. The first-order chi connectivity index (χ1) is 7.29. The normalized spacial score (nSPS) is 10.3. The zero-order chi connectivity index (χ0) is 10.7. The molecule has 0 saturated carbocycles. The molecule has 0 atom stereocenters. The molecule has 0 N–H and O–H groups in total. The van der Waals surface area contributed by atoms with Crippen LogP contribution in [0.4, 0.5) is 4.39 Å². The predicted molar refractivity (Wildman–Crippen MR) is 61.4 cm³/mol. The van der Waals surface area contributed by atoms with E-state index in [0.29, 0.717) is 5.88 Å². The molecule has 0 heterocycles. The van der Waals surface area contributed by atoms with Crippen molar-refractivity contribution in [2.75, 3.05) is 0 Å². The van der Waals surface area contributed by atoms with E-state index in [4.69, 9.17) is 11.6 Å². The molecule has 0 saturated heterocycles. The fourth-order valence-corrected chi connectivity index (χ4v) is 1.63. The van der Waals surface area contributed by atoms with Gasteiger partial charge in [-0.05, 0) is 28.8 Å². The number of halogens is 2. The van der Waals surface area contributed by atoms with Crippen LogP contribution in [0.25, 0.3) is 11.1 Å². The Kier molecular flexibility index (Phi) is 3.02. The highest BCUT2D eigenvalue weighted by Gasteiger charge is 1.98. The van der Waals surface area contributed by atoms with Crippen molar-refractivity contribution in [3.63, 3.8) is 0 Å². The molecule has 0 spiro atoms. The minimum Gasteiger partial charge on any atom is -0.207 e. The van der Waals surface area contributed by atoms with Crippen molar-refractivity contribution in [1.82, 2.24) is 0 Å². The van der Waals surface area contributed by atoms with Crippen LogP contribution in [-0.2, 0) is 5.88 Å². The van der Waals surface area contributed by atoms with Crippen LogP contribution in [0.5, 0.6) is 0 Å². The fourth-order valence-electron chi connectivity index (χ4n) is 1.45. The number of hydrogen-bond acceptors (Lipinski definition) is 0. The maximum atomic E-state index is 13.0. The number of benzene rings is 2. The van der Waals surface area contributed by atoms with Crippen LogP contribution in [0.15, 0.2) is 48.5 Å². The van der Waals surface area contributed by atoms with E-state index in [1.165, 1.54) is 12.1 Å². The molecule has 0 bridgehead atoms. The highest BCUT2D eigenvalue weighted by atomic mass is 35.5. The van der Waals surface area contributed by atoms with Crippen LogP contribution in [0.2, 0.25) is 0 Å². The van der Waals surface area contributed by atoms with E-state index in [0.717, 1.165) is 16.7 Å². The van der Waals surface area contributed by atoms with Gasteiger partial charge < -0.3 is 0 Å². The lowest BCUT2D eigenvalue weighted by Gasteiger charge is -2.02. The van der Waals surface area contributed by atoms with E-state index in [1.54, 1.807) is 6.07 Å². The van der Waals surface area contributed by atoms with Crippen LogP contribution in [0.3, 0.4) is 0 Å². The van der Waals surface area contributed by atoms with Gasteiger partial charge in [0.25, 0.3) is 0 Å². The van der Waals surface area contributed by atoms with E-state index in [1.807, 2.05) is 30.3 Å². The molecule has 0 aliphatic rings. The lowest BCUT2D eigenvalue weighted by Crippen LogP contribution is -1.81. The van der Waals surface area contributed by atoms with Crippen LogP contribution < -0.4 is 0 Å². The van der Waals surface area contributed by atoms with E-state index in [2.05, 4.69) is 0 Å². The van der Waals surface area contributed by atoms with Gasteiger partial charge in [0.15, 0.2) is 0 Å². The molecule has 2 heteroatoms. The molecular formula is C13H10ClF. The van der Waals surface area contributed by atoms with E-state index in [9.17, 15) is 4.39 Å². The van der Waals surface area contributed by atoms with Crippen molar-refractivity contribution in [1.29, 1.82) is 0 Å². The van der Waals surface area contributed by atoms with Crippen molar-refractivity contribution in [2.24, 2.45) is 0 Å². The quantitative estimate of drug-likeness (QED) is 0.665. The average Bonchev–Trinajstić information content (AvgIpc) is 2.29. The zero-order valence-corrected chi connectivity index (χ0v) is 8.84. The number of rotatable bonds is 2. The van der Waals surface area contributed by atoms with Crippen molar-refractivity contribution in [3.8, 4) is 11.1 Å². The summed E-state index contributed by atoms with van der Waals surface area (Å²) in [4.78, 5) is 0. The third-order valence-electron chi connectivity index (χ3n) is 2.27. The largest absolute Gasteiger partial charge is 0.207 e. The number of alkyl halides is 1. The van der Waals surface area contributed by atoms with Gasteiger partial charge in [0.05, 0.1) is 0 Å². The lowest BCUT2D eigenvalue weighted by molar-refractivity contribution is 0.628. The first-order valence-electron chi connectivity index (χ1n) is 4.70. The monoisotopic (exact) mass is 220 g/mol. The molecule has 0 radical (unpaired) electrons. The zero-order valence-electron chi connectivity index (χ0n) is 8.08.